The van der Waals surface area contributed by atoms with E-state index in [9.17, 15) is 13.2 Å². The predicted molar refractivity (Wildman–Crippen MR) is 148 cm³/mol. The van der Waals surface area contributed by atoms with E-state index in [1.54, 1.807) is 79.9 Å². The zero-order valence-corrected chi connectivity index (χ0v) is 22.7. The second-order valence-corrected chi connectivity index (χ2v) is 10.6. The minimum atomic E-state index is -3.92. The molecule has 1 aromatic heterocycles. The first kappa shape index (κ1) is 27.5. The minimum absolute atomic E-state index is 0.187. The standard InChI is InChI=1S/C29H33N3O5S/c1-4-27(31(20-11-21-36-3)38(34,35)24-12-7-6-8-13-24)28-30-26-15-10-9-14-25(26)29(33)32(28)22-16-18-23(19-17-22)37-5-2/h6-10,12-19,27H,4-5,11,20-21H2,1-3H3. The molecule has 1 unspecified atom stereocenters. The van der Waals surface area contributed by atoms with Gasteiger partial charge >= 0.3 is 0 Å². The lowest BCUT2D eigenvalue weighted by Crippen LogP contribution is -2.39. The molecule has 0 saturated carbocycles. The summed E-state index contributed by atoms with van der Waals surface area (Å²) >= 11 is 0. The van der Waals surface area contributed by atoms with Crippen molar-refractivity contribution < 1.29 is 17.9 Å². The van der Waals surface area contributed by atoms with Crippen molar-refractivity contribution in [2.45, 2.75) is 37.6 Å². The zero-order valence-electron chi connectivity index (χ0n) is 21.9. The van der Waals surface area contributed by atoms with Crippen molar-refractivity contribution in [1.82, 2.24) is 13.9 Å². The topological polar surface area (TPSA) is 90.7 Å². The van der Waals surface area contributed by atoms with Gasteiger partial charge in [-0.3, -0.25) is 9.36 Å². The number of nitrogens with zero attached hydrogens (tertiary/aromatic N) is 3. The molecule has 0 aliphatic rings. The molecule has 0 aliphatic carbocycles. The van der Waals surface area contributed by atoms with Gasteiger partial charge in [0.1, 0.15) is 11.6 Å². The number of hydrogen-bond acceptors (Lipinski definition) is 6. The number of aromatic nitrogens is 2. The number of fused-ring (bicyclic) bond motifs is 1. The van der Waals surface area contributed by atoms with Crippen LogP contribution in [0.1, 0.15) is 38.6 Å². The first-order valence-electron chi connectivity index (χ1n) is 12.7. The van der Waals surface area contributed by atoms with E-state index in [0.717, 1.165) is 0 Å². The molecule has 8 nitrogen and oxygen atoms in total. The van der Waals surface area contributed by atoms with Crippen molar-refractivity contribution in [1.29, 1.82) is 0 Å². The maximum Gasteiger partial charge on any atom is 0.266 e. The normalized spacial score (nSPS) is 12.6. The van der Waals surface area contributed by atoms with E-state index in [-0.39, 0.29) is 17.0 Å². The lowest BCUT2D eigenvalue weighted by Gasteiger charge is -2.31. The number of hydrogen-bond donors (Lipinski definition) is 0. The highest BCUT2D eigenvalue weighted by atomic mass is 32.2. The lowest BCUT2D eigenvalue weighted by molar-refractivity contribution is 0.179. The van der Waals surface area contributed by atoms with E-state index < -0.39 is 16.1 Å². The van der Waals surface area contributed by atoms with Gasteiger partial charge in [-0.05, 0) is 68.3 Å². The Hall–Kier alpha value is -3.53. The van der Waals surface area contributed by atoms with Gasteiger partial charge in [-0.25, -0.2) is 13.4 Å². The Kier molecular flexibility index (Phi) is 8.93. The van der Waals surface area contributed by atoms with Gasteiger partial charge in [-0.2, -0.15) is 4.31 Å². The summed E-state index contributed by atoms with van der Waals surface area (Å²) in [6, 6.07) is 21.9. The fourth-order valence-corrected chi connectivity index (χ4v) is 6.25. The highest BCUT2D eigenvalue weighted by molar-refractivity contribution is 7.89. The van der Waals surface area contributed by atoms with Gasteiger partial charge in [0.05, 0.1) is 34.1 Å². The number of benzene rings is 3. The van der Waals surface area contributed by atoms with E-state index in [1.165, 1.54) is 8.87 Å². The van der Waals surface area contributed by atoms with Crippen molar-refractivity contribution >= 4 is 20.9 Å². The summed E-state index contributed by atoms with van der Waals surface area (Å²) < 4.78 is 41.7. The number of methoxy groups -OCH3 is 1. The molecule has 200 valence electrons. The molecule has 0 radical (unpaired) electrons. The van der Waals surface area contributed by atoms with Crippen LogP contribution in [0.4, 0.5) is 0 Å². The highest BCUT2D eigenvalue weighted by Gasteiger charge is 2.34. The largest absolute Gasteiger partial charge is 0.494 e. The van der Waals surface area contributed by atoms with Crippen LogP contribution >= 0.6 is 0 Å². The zero-order chi connectivity index (χ0) is 27.1. The Labute approximate surface area is 223 Å². The fourth-order valence-electron chi connectivity index (χ4n) is 4.53. The molecule has 1 atom stereocenters. The van der Waals surface area contributed by atoms with Crippen LogP contribution in [0.15, 0.2) is 88.6 Å². The van der Waals surface area contributed by atoms with Crippen LogP contribution < -0.4 is 10.3 Å². The third kappa shape index (κ3) is 5.65. The Bertz CT molecular complexity index is 1520. The monoisotopic (exact) mass is 535 g/mol. The van der Waals surface area contributed by atoms with E-state index >= 15 is 0 Å². The first-order valence-corrected chi connectivity index (χ1v) is 14.2. The van der Waals surface area contributed by atoms with Crippen molar-refractivity contribution in [3.05, 3.63) is 95.0 Å². The van der Waals surface area contributed by atoms with Gasteiger partial charge in [-0.1, -0.05) is 37.3 Å². The maximum absolute atomic E-state index is 14.0. The van der Waals surface area contributed by atoms with Crippen molar-refractivity contribution in [2.75, 3.05) is 26.9 Å². The van der Waals surface area contributed by atoms with Gasteiger partial charge in [-0.15, -0.1) is 0 Å². The fraction of sp³-hybridized carbons (Fsp3) is 0.310. The summed E-state index contributed by atoms with van der Waals surface area (Å²) in [6.07, 6.45) is 0.890. The van der Waals surface area contributed by atoms with Gasteiger partial charge < -0.3 is 9.47 Å². The molecule has 4 aromatic rings. The van der Waals surface area contributed by atoms with Crippen LogP contribution in [0.25, 0.3) is 16.6 Å². The van der Waals surface area contributed by atoms with Crippen LogP contribution in [-0.4, -0.2) is 49.1 Å². The molecule has 0 saturated heterocycles. The van der Waals surface area contributed by atoms with E-state index in [0.29, 0.717) is 54.2 Å². The van der Waals surface area contributed by atoms with E-state index in [2.05, 4.69) is 0 Å². The number of rotatable bonds is 12. The number of para-hydroxylation sites is 1. The summed E-state index contributed by atoms with van der Waals surface area (Å²) in [5.74, 6) is 1.04. The van der Waals surface area contributed by atoms with E-state index in [4.69, 9.17) is 14.5 Å². The summed E-state index contributed by atoms with van der Waals surface area (Å²) in [5, 5.41) is 0.455. The highest BCUT2D eigenvalue weighted by Crippen LogP contribution is 2.31. The van der Waals surface area contributed by atoms with Crippen LogP contribution in [0.3, 0.4) is 0 Å². The molecule has 0 fully saturated rings. The Balaban J connectivity index is 1.94. The molecule has 38 heavy (non-hydrogen) atoms. The molecular weight excluding hydrogens is 502 g/mol. The van der Waals surface area contributed by atoms with Crippen molar-refractivity contribution in [2.24, 2.45) is 0 Å². The summed E-state index contributed by atoms with van der Waals surface area (Å²) in [7, 11) is -2.33. The van der Waals surface area contributed by atoms with Crippen LogP contribution in [0, 0.1) is 0 Å². The first-order chi connectivity index (χ1) is 18.4. The molecular formula is C29H33N3O5S. The quantitative estimate of drug-likeness (QED) is 0.238. The molecule has 0 amide bonds. The summed E-state index contributed by atoms with van der Waals surface area (Å²) in [5.41, 5.74) is 0.836. The predicted octanol–water partition coefficient (Wildman–Crippen LogP) is 4.96. The summed E-state index contributed by atoms with van der Waals surface area (Å²) in [6.45, 7) is 4.93. The van der Waals surface area contributed by atoms with Gasteiger partial charge in [0.2, 0.25) is 10.0 Å². The molecule has 3 aromatic carbocycles. The Morgan fingerprint density at radius 3 is 2.29 bits per heavy atom. The maximum atomic E-state index is 14.0. The van der Waals surface area contributed by atoms with Crippen LogP contribution in [0.5, 0.6) is 5.75 Å². The molecule has 0 aliphatic heterocycles. The Morgan fingerprint density at radius 1 is 0.947 bits per heavy atom. The van der Waals surface area contributed by atoms with Gasteiger partial charge in [0.15, 0.2) is 0 Å². The number of ether oxygens (including phenoxy) is 2. The van der Waals surface area contributed by atoms with Crippen LogP contribution in [0.2, 0.25) is 0 Å². The third-order valence-corrected chi connectivity index (χ3v) is 8.24. The average Bonchev–Trinajstić information content (AvgIpc) is 2.94. The third-order valence-electron chi connectivity index (χ3n) is 6.32. The molecule has 9 heteroatoms. The second kappa shape index (κ2) is 12.3. The SMILES string of the molecule is CCOc1ccc(-n2c(C(CC)N(CCCOC)S(=O)(=O)c3ccccc3)nc3ccccc3c2=O)cc1. The molecule has 1 heterocycles. The second-order valence-electron chi connectivity index (χ2n) is 8.75. The minimum Gasteiger partial charge on any atom is -0.494 e. The van der Waals surface area contributed by atoms with Crippen LogP contribution in [-0.2, 0) is 14.8 Å². The molecule has 0 N–H and O–H groups in total. The Morgan fingerprint density at radius 2 is 1.63 bits per heavy atom. The van der Waals surface area contributed by atoms with Gasteiger partial charge in [0, 0.05) is 20.3 Å². The van der Waals surface area contributed by atoms with Crippen molar-refractivity contribution in [3.63, 3.8) is 0 Å². The molecule has 4 rings (SSSR count). The summed E-state index contributed by atoms with van der Waals surface area (Å²) in [4.78, 5) is 19.0. The molecule has 0 bridgehead atoms. The average molecular weight is 536 g/mol. The van der Waals surface area contributed by atoms with Gasteiger partial charge in [0.25, 0.3) is 5.56 Å². The lowest BCUT2D eigenvalue weighted by atomic mass is 10.1. The van der Waals surface area contributed by atoms with E-state index in [1.807, 2.05) is 19.9 Å². The smallest absolute Gasteiger partial charge is 0.266 e. The van der Waals surface area contributed by atoms with Crippen molar-refractivity contribution in [3.8, 4) is 11.4 Å². The number of sulfonamides is 1. The molecule has 0 spiro atoms.